The van der Waals surface area contributed by atoms with Gasteiger partial charge in [0.1, 0.15) is 0 Å². The van der Waals surface area contributed by atoms with E-state index in [0.29, 0.717) is 13.0 Å². The van der Waals surface area contributed by atoms with Gasteiger partial charge in [-0.15, -0.1) is 0 Å². The lowest BCUT2D eigenvalue weighted by Crippen LogP contribution is -2.47. The lowest BCUT2D eigenvalue weighted by atomic mass is 10.1. The molecule has 0 aliphatic carbocycles. The lowest BCUT2D eigenvalue weighted by molar-refractivity contribution is -0.119. The summed E-state index contributed by atoms with van der Waals surface area (Å²) in [5.41, 5.74) is 7.00. The summed E-state index contributed by atoms with van der Waals surface area (Å²) >= 11 is 0. The summed E-state index contributed by atoms with van der Waals surface area (Å²) in [6, 6.07) is 3.72. The number of hydrogen-bond donors (Lipinski definition) is 3. The molecule has 3 N–H and O–H groups in total. The van der Waals surface area contributed by atoms with E-state index in [9.17, 15) is 4.79 Å². The van der Waals surface area contributed by atoms with Crippen LogP contribution in [0.4, 0.5) is 0 Å². The minimum absolute atomic E-state index is 0.0314. The standard InChI is InChI=1S/C13H17N5O/c1-8-3-4-9(2)18(8)17-13(19)11-5-10-12(6-14-11)16-7-15-10/h3-4,7,11,14H,5-6H2,1-2H3,(H,15,16)(H,17,19). The van der Waals surface area contributed by atoms with Gasteiger partial charge in [0.15, 0.2) is 0 Å². The summed E-state index contributed by atoms with van der Waals surface area (Å²) in [6.45, 7) is 4.58. The van der Waals surface area contributed by atoms with Gasteiger partial charge < -0.3 is 4.98 Å². The Bertz CT molecular complexity index is 593. The number of carbonyl (C=O) groups is 1. The monoisotopic (exact) mass is 259 g/mol. The second-order valence-electron chi connectivity index (χ2n) is 4.89. The van der Waals surface area contributed by atoms with E-state index in [-0.39, 0.29) is 11.9 Å². The molecule has 3 rings (SSSR count). The van der Waals surface area contributed by atoms with E-state index < -0.39 is 0 Å². The Hall–Kier alpha value is -2.08. The Morgan fingerprint density at radius 2 is 2.16 bits per heavy atom. The van der Waals surface area contributed by atoms with E-state index >= 15 is 0 Å². The first kappa shape index (κ1) is 12.0. The molecule has 2 aromatic rings. The predicted molar refractivity (Wildman–Crippen MR) is 71.2 cm³/mol. The summed E-state index contributed by atoms with van der Waals surface area (Å²) in [7, 11) is 0. The highest BCUT2D eigenvalue weighted by molar-refractivity contribution is 5.89. The van der Waals surface area contributed by atoms with Gasteiger partial charge in [0, 0.05) is 24.4 Å². The molecule has 2 aromatic heterocycles. The van der Waals surface area contributed by atoms with Crippen molar-refractivity contribution in [3.8, 4) is 0 Å². The molecule has 0 aromatic carbocycles. The van der Waals surface area contributed by atoms with Crippen LogP contribution in [0, 0.1) is 13.8 Å². The van der Waals surface area contributed by atoms with Crippen LogP contribution in [0.3, 0.4) is 0 Å². The smallest absolute Gasteiger partial charge is 0.256 e. The van der Waals surface area contributed by atoms with Crippen molar-refractivity contribution in [1.29, 1.82) is 0 Å². The van der Waals surface area contributed by atoms with E-state index in [1.165, 1.54) is 0 Å². The molecule has 0 bridgehead atoms. The molecule has 19 heavy (non-hydrogen) atoms. The molecular weight excluding hydrogens is 242 g/mol. The number of aryl methyl sites for hydroxylation is 2. The third-order valence-electron chi connectivity index (χ3n) is 3.54. The molecule has 1 aliphatic rings. The van der Waals surface area contributed by atoms with Gasteiger partial charge in [-0.2, -0.15) is 0 Å². The van der Waals surface area contributed by atoms with Gasteiger partial charge >= 0.3 is 0 Å². The minimum atomic E-state index is -0.239. The fourth-order valence-electron chi connectivity index (χ4n) is 2.39. The Labute approximate surface area is 111 Å². The molecule has 1 atom stereocenters. The number of nitrogens with zero attached hydrogens (tertiary/aromatic N) is 2. The average Bonchev–Trinajstić information content (AvgIpc) is 2.99. The number of imidazole rings is 1. The maximum absolute atomic E-state index is 12.3. The lowest BCUT2D eigenvalue weighted by Gasteiger charge is -2.23. The summed E-state index contributed by atoms with van der Waals surface area (Å²) in [4.78, 5) is 19.6. The highest BCUT2D eigenvalue weighted by Crippen LogP contribution is 2.13. The highest BCUT2D eigenvalue weighted by atomic mass is 16.2. The van der Waals surface area contributed by atoms with E-state index in [2.05, 4.69) is 20.7 Å². The van der Waals surface area contributed by atoms with E-state index in [1.807, 2.05) is 30.7 Å². The quantitative estimate of drug-likeness (QED) is 0.740. The molecule has 1 aliphatic heterocycles. The van der Waals surface area contributed by atoms with Gasteiger partial charge in [-0.25, -0.2) is 4.98 Å². The molecule has 100 valence electrons. The Morgan fingerprint density at radius 3 is 2.89 bits per heavy atom. The van der Waals surface area contributed by atoms with Gasteiger partial charge in [-0.05, 0) is 26.0 Å². The number of nitrogens with one attached hydrogen (secondary N) is 3. The largest absolute Gasteiger partial charge is 0.347 e. The second kappa shape index (κ2) is 4.55. The van der Waals surface area contributed by atoms with Crippen LogP contribution in [-0.4, -0.2) is 26.6 Å². The van der Waals surface area contributed by atoms with Crippen molar-refractivity contribution in [2.24, 2.45) is 0 Å². The van der Waals surface area contributed by atoms with Crippen molar-refractivity contribution < 1.29 is 4.79 Å². The third-order valence-corrected chi connectivity index (χ3v) is 3.54. The molecule has 0 saturated carbocycles. The molecule has 0 saturated heterocycles. The van der Waals surface area contributed by atoms with Crippen LogP contribution < -0.4 is 10.7 Å². The number of aromatic amines is 1. The first-order valence-electron chi connectivity index (χ1n) is 6.35. The van der Waals surface area contributed by atoms with Crippen molar-refractivity contribution in [2.45, 2.75) is 32.9 Å². The fraction of sp³-hybridized carbons (Fsp3) is 0.385. The molecule has 1 amide bonds. The Balaban J connectivity index is 1.72. The number of H-pyrrole nitrogens is 1. The van der Waals surface area contributed by atoms with E-state index in [1.54, 1.807) is 6.33 Å². The van der Waals surface area contributed by atoms with Crippen LogP contribution >= 0.6 is 0 Å². The van der Waals surface area contributed by atoms with E-state index in [0.717, 1.165) is 22.8 Å². The number of hydrogen-bond acceptors (Lipinski definition) is 3. The maximum Gasteiger partial charge on any atom is 0.256 e. The van der Waals surface area contributed by atoms with Crippen molar-refractivity contribution in [3.63, 3.8) is 0 Å². The van der Waals surface area contributed by atoms with Gasteiger partial charge in [0.25, 0.3) is 5.91 Å². The van der Waals surface area contributed by atoms with Gasteiger partial charge in [-0.1, -0.05) is 0 Å². The Kier molecular flexibility index (Phi) is 2.87. The number of amides is 1. The normalized spacial score (nSPS) is 18.1. The molecular formula is C13H17N5O. The molecule has 0 fully saturated rings. The molecule has 6 nitrogen and oxygen atoms in total. The predicted octanol–water partition coefficient (Wildman–Crippen LogP) is 0.613. The molecule has 0 radical (unpaired) electrons. The minimum Gasteiger partial charge on any atom is -0.347 e. The van der Waals surface area contributed by atoms with Crippen molar-refractivity contribution in [2.75, 3.05) is 5.43 Å². The van der Waals surface area contributed by atoms with Crippen molar-refractivity contribution in [3.05, 3.63) is 41.2 Å². The van der Waals surface area contributed by atoms with E-state index in [4.69, 9.17) is 0 Å². The van der Waals surface area contributed by atoms with Crippen LogP contribution in [0.2, 0.25) is 0 Å². The SMILES string of the molecule is Cc1ccc(C)n1NC(=O)C1Cc2nc[nH]c2CN1. The van der Waals surface area contributed by atoms with Crippen LogP contribution in [0.5, 0.6) is 0 Å². The van der Waals surface area contributed by atoms with Gasteiger partial charge in [0.2, 0.25) is 0 Å². The zero-order chi connectivity index (χ0) is 13.4. The van der Waals surface area contributed by atoms with Crippen molar-refractivity contribution in [1.82, 2.24) is 20.0 Å². The molecule has 1 unspecified atom stereocenters. The second-order valence-corrected chi connectivity index (χ2v) is 4.89. The maximum atomic E-state index is 12.3. The third kappa shape index (κ3) is 2.15. The average molecular weight is 259 g/mol. The first-order valence-corrected chi connectivity index (χ1v) is 6.35. The number of carbonyl (C=O) groups excluding carboxylic acids is 1. The number of fused-ring (bicyclic) bond motifs is 1. The zero-order valence-electron chi connectivity index (χ0n) is 11.0. The van der Waals surface area contributed by atoms with Crippen LogP contribution in [0.15, 0.2) is 18.5 Å². The summed E-state index contributed by atoms with van der Waals surface area (Å²) in [6.07, 6.45) is 2.29. The topological polar surface area (TPSA) is 74.7 Å². The molecule has 6 heteroatoms. The fourth-order valence-corrected chi connectivity index (χ4v) is 2.39. The Morgan fingerprint density at radius 1 is 1.42 bits per heavy atom. The van der Waals surface area contributed by atoms with Crippen LogP contribution in [0.1, 0.15) is 22.8 Å². The summed E-state index contributed by atoms with van der Waals surface area (Å²) < 4.78 is 1.81. The molecule has 3 heterocycles. The van der Waals surface area contributed by atoms with Gasteiger partial charge in [0.05, 0.1) is 23.8 Å². The summed E-state index contributed by atoms with van der Waals surface area (Å²) in [5, 5.41) is 3.22. The van der Waals surface area contributed by atoms with Crippen molar-refractivity contribution >= 4 is 5.91 Å². The summed E-state index contributed by atoms with van der Waals surface area (Å²) in [5.74, 6) is -0.0314. The van der Waals surface area contributed by atoms with Crippen LogP contribution in [0.25, 0.3) is 0 Å². The van der Waals surface area contributed by atoms with Gasteiger partial charge in [-0.3, -0.25) is 20.2 Å². The first-order chi connectivity index (χ1) is 9.15. The zero-order valence-corrected chi connectivity index (χ0v) is 11.0. The van der Waals surface area contributed by atoms with Crippen LogP contribution in [-0.2, 0) is 17.8 Å². The number of rotatable bonds is 2. The molecule has 0 spiro atoms. The number of aromatic nitrogens is 3. The highest BCUT2D eigenvalue weighted by Gasteiger charge is 2.26.